The fourth-order valence-electron chi connectivity index (χ4n) is 2.26. The highest BCUT2D eigenvalue weighted by molar-refractivity contribution is 6.95. The Labute approximate surface area is 128 Å². The SMILES string of the molecule is C=C(c1ccccc1)c1cccc([Si](C)(CC)CCl)c1. The number of halogens is 1. The summed E-state index contributed by atoms with van der Waals surface area (Å²) in [7, 11) is -1.53. The molecule has 0 radical (unpaired) electrons. The number of hydrogen-bond acceptors (Lipinski definition) is 0. The van der Waals surface area contributed by atoms with Crippen molar-refractivity contribution >= 4 is 30.4 Å². The summed E-state index contributed by atoms with van der Waals surface area (Å²) in [5.41, 5.74) is 4.22. The maximum atomic E-state index is 6.23. The molecule has 2 aromatic carbocycles. The van der Waals surface area contributed by atoms with Crippen LogP contribution in [0.15, 0.2) is 61.2 Å². The van der Waals surface area contributed by atoms with E-state index in [9.17, 15) is 0 Å². The van der Waals surface area contributed by atoms with Crippen molar-refractivity contribution in [3.05, 3.63) is 72.3 Å². The van der Waals surface area contributed by atoms with Crippen LogP contribution in [0.2, 0.25) is 12.6 Å². The van der Waals surface area contributed by atoms with Gasteiger partial charge < -0.3 is 0 Å². The third kappa shape index (κ3) is 3.05. The molecule has 1 atom stereocenters. The Bertz CT molecular complexity index is 585. The predicted molar refractivity (Wildman–Crippen MR) is 93.5 cm³/mol. The van der Waals surface area contributed by atoms with Gasteiger partial charge in [0.2, 0.25) is 0 Å². The molecular weight excluding hydrogens is 280 g/mol. The first-order valence-electron chi connectivity index (χ1n) is 7.02. The summed E-state index contributed by atoms with van der Waals surface area (Å²) >= 11 is 6.23. The average molecular weight is 301 g/mol. The Hall–Kier alpha value is -1.31. The quantitative estimate of drug-likeness (QED) is 0.548. The molecule has 2 rings (SSSR count). The summed E-state index contributed by atoms with van der Waals surface area (Å²) in [4.78, 5) is 0. The van der Waals surface area contributed by atoms with E-state index in [1.165, 1.54) is 16.3 Å². The highest BCUT2D eigenvalue weighted by Gasteiger charge is 2.26. The second-order valence-corrected chi connectivity index (χ2v) is 10.9. The Balaban J connectivity index is 2.38. The Morgan fingerprint density at radius 2 is 1.70 bits per heavy atom. The van der Waals surface area contributed by atoms with Gasteiger partial charge in [0, 0.05) is 5.50 Å². The van der Waals surface area contributed by atoms with Crippen molar-refractivity contribution < 1.29 is 0 Å². The summed E-state index contributed by atoms with van der Waals surface area (Å²) in [6.45, 7) is 8.85. The summed E-state index contributed by atoms with van der Waals surface area (Å²) in [5, 5.41) is 1.42. The summed E-state index contributed by atoms with van der Waals surface area (Å²) in [6.07, 6.45) is 0. The van der Waals surface area contributed by atoms with E-state index in [-0.39, 0.29) is 0 Å². The highest BCUT2D eigenvalue weighted by atomic mass is 35.5. The molecule has 0 saturated heterocycles. The van der Waals surface area contributed by atoms with Crippen LogP contribution in [0.25, 0.3) is 5.57 Å². The van der Waals surface area contributed by atoms with Gasteiger partial charge in [-0.15, -0.1) is 11.6 Å². The first-order valence-corrected chi connectivity index (χ1v) is 10.5. The molecule has 0 bridgehead atoms. The van der Waals surface area contributed by atoms with Crippen molar-refractivity contribution in [2.24, 2.45) is 0 Å². The van der Waals surface area contributed by atoms with Gasteiger partial charge in [0.05, 0.1) is 8.07 Å². The number of hydrogen-bond donors (Lipinski definition) is 0. The maximum absolute atomic E-state index is 6.23. The monoisotopic (exact) mass is 300 g/mol. The minimum Gasteiger partial charge on any atom is -0.130 e. The van der Waals surface area contributed by atoms with Crippen LogP contribution in [0.1, 0.15) is 18.1 Å². The Morgan fingerprint density at radius 1 is 1.05 bits per heavy atom. The van der Waals surface area contributed by atoms with Crippen molar-refractivity contribution in [1.29, 1.82) is 0 Å². The Morgan fingerprint density at radius 3 is 2.30 bits per heavy atom. The fourth-order valence-corrected chi connectivity index (χ4v) is 5.05. The topological polar surface area (TPSA) is 0 Å². The van der Waals surface area contributed by atoms with Gasteiger partial charge in [-0.1, -0.05) is 85.9 Å². The zero-order chi connectivity index (χ0) is 14.6. The van der Waals surface area contributed by atoms with Crippen LogP contribution < -0.4 is 5.19 Å². The zero-order valence-electron chi connectivity index (χ0n) is 12.2. The smallest absolute Gasteiger partial charge is 0.0986 e. The fraction of sp³-hybridized carbons (Fsp3) is 0.222. The molecule has 0 N–H and O–H groups in total. The van der Waals surface area contributed by atoms with Gasteiger partial charge in [-0.2, -0.15) is 0 Å². The molecule has 0 amide bonds. The number of benzene rings is 2. The van der Waals surface area contributed by atoms with Crippen LogP contribution >= 0.6 is 11.6 Å². The lowest BCUT2D eigenvalue weighted by atomic mass is 10.00. The van der Waals surface area contributed by atoms with Crippen LogP contribution in [0, 0.1) is 0 Å². The van der Waals surface area contributed by atoms with E-state index >= 15 is 0 Å². The first kappa shape index (κ1) is 15.1. The second kappa shape index (κ2) is 6.42. The molecule has 0 heterocycles. The molecule has 0 nitrogen and oxygen atoms in total. The summed E-state index contributed by atoms with van der Waals surface area (Å²) in [5.74, 6) is 0. The van der Waals surface area contributed by atoms with Crippen LogP contribution in [0.5, 0.6) is 0 Å². The van der Waals surface area contributed by atoms with Gasteiger partial charge in [0.25, 0.3) is 0 Å². The normalized spacial score (nSPS) is 13.8. The first-order chi connectivity index (χ1) is 9.60. The maximum Gasteiger partial charge on any atom is 0.0986 e. The van der Waals surface area contributed by atoms with E-state index in [1.807, 2.05) is 18.2 Å². The lowest BCUT2D eigenvalue weighted by Gasteiger charge is -2.24. The number of alkyl halides is 1. The van der Waals surface area contributed by atoms with Crippen LogP contribution in [-0.4, -0.2) is 13.6 Å². The molecule has 20 heavy (non-hydrogen) atoms. The van der Waals surface area contributed by atoms with Gasteiger partial charge in [-0.05, 0) is 16.7 Å². The Kier molecular flexibility index (Phi) is 4.85. The zero-order valence-corrected chi connectivity index (χ0v) is 14.0. The van der Waals surface area contributed by atoms with E-state index in [0.717, 1.165) is 17.1 Å². The summed E-state index contributed by atoms with van der Waals surface area (Å²) in [6, 6.07) is 20.3. The number of rotatable bonds is 5. The molecule has 0 aliphatic rings. The molecule has 0 aliphatic carbocycles. The van der Waals surface area contributed by atoms with Crippen molar-refractivity contribution in [2.45, 2.75) is 19.5 Å². The predicted octanol–water partition coefficient (Wildman–Crippen LogP) is 4.83. The van der Waals surface area contributed by atoms with Crippen molar-refractivity contribution in [1.82, 2.24) is 0 Å². The van der Waals surface area contributed by atoms with E-state index in [1.54, 1.807) is 0 Å². The van der Waals surface area contributed by atoms with Gasteiger partial charge in [0.15, 0.2) is 0 Å². The van der Waals surface area contributed by atoms with Crippen LogP contribution in [-0.2, 0) is 0 Å². The van der Waals surface area contributed by atoms with Gasteiger partial charge >= 0.3 is 0 Å². The largest absolute Gasteiger partial charge is 0.130 e. The second-order valence-electron chi connectivity index (χ2n) is 5.47. The molecule has 2 heteroatoms. The molecule has 0 aliphatic heterocycles. The van der Waals surface area contributed by atoms with Gasteiger partial charge in [-0.3, -0.25) is 0 Å². The lowest BCUT2D eigenvalue weighted by Crippen LogP contribution is -2.46. The minimum absolute atomic E-state index is 0.769. The minimum atomic E-state index is -1.53. The lowest BCUT2D eigenvalue weighted by molar-refractivity contribution is 1.36. The standard InChI is InChI=1S/C18H21ClSi/c1-4-20(3,14-19)18-12-8-11-17(13-18)15(2)16-9-6-5-7-10-16/h5-13H,2,4,14H2,1,3H3. The van der Waals surface area contributed by atoms with E-state index < -0.39 is 8.07 Å². The molecule has 0 aromatic heterocycles. The van der Waals surface area contributed by atoms with Gasteiger partial charge in [0.1, 0.15) is 0 Å². The average Bonchev–Trinajstić information content (AvgIpc) is 2.54. The molecule has 0 saturated carbocycles. The van der Waals surface area contributed by atoms with Crippen LogP contribution in [0.4, 0.5) is 0 Å². The molecular formula is C18H21ClSi. The highest BCUT2D eigenvalue weighted by Crippen LogP contribution is 2.22. The van der Waals surface area contributed by atoms with E-state index in [0.29, 0.717) is 0 Å². The van der Waals surface area contributed by atoms with E-state index in [2.05, 4.69) is 56.4 Å². The van der Waals surface area contributed by atoms with Crippen molar-refractivity contribution in [3.63, 3.8) is 0 Å². The van der Waals surface area contributed by atoms with Gasteiger partial charge in [-0.25, -0.2) is 0 Å². The molecule has 104 valence electrons. The molecule has 0 spiro atoms. The van der Waals surface area contributed by atoms with Crippen LogP contribution in [0.3, 0.4) is 0 Å². The van der Waals surface area contributed by atoms with Crippen molar-refractivity contribution in [3.8, 4) is 0 Å². The third-order valence-corrected chi connectivity index (χ3v) is 9.73. The molecule has 1 unspecified atom stereocenters. The van der Waals surface area contributed by atoms with Crippen molar-refractivity contribution in [2.75, 3.05) is 5.50 Å². The molecule has 2 aromatic rings. The molecule has 0 fully saturated rings. The van der Waals surface area contributed by atoms with E-state index in [4.69, 9.17) is 11.6 Å². The third-order valence-electron chi connectivity index (χ3n) is 4.11. The summed E-state index contributed by atoms with van der Waals surface area (Å²) < 4.78 is 0.